The van der Waals surface area contributed by atoms with E-state index >= 15 is 0 Å². The normalized spacial score (nSPS) is 11.7. The number of nitrogens with zero attached hydrogens (tertiary/aromatic N) is 1. The lowest BCUT2D eigenvalue weighted by Crippen LogP contribution is -2.10. The van der Waals surface area contributed by atoms with E-state index in [-0.39, 0.29) is 0 Å². The molecule has 10 rings (SSSR count). The van der Waals surface area contributed by atoms with Gasteiger partial charge < -0.3 is 13.7 Å². The molecule has 0 radical (unpaired) electrons. The summed E-state index contributed by atoms with van der Waals surface area (Å²) in [5.41, 5.74) is 11.3. The molecular formula is C46H29NO2. The molecule has 10 aromatic rings. The zero-order valence-electron chi connectivity index (χ0n) is 26.5. The van der Waals surface area contributed by atoms with Crippen molar-refractivity contribution in [2.24, 2.45) is 0 Å². The maximum atomic E-state index is 6.79. The second kappa shape index (κ2) is 11.0. The maximum Gasteiger partial charge on any atom is 0.143 e. The Bertz CT molecular complexity index is 2830. The molecule has 3 nitrogen and oxygen atoms in total. The highest BCUT2D eigenvalue weighted by Gasteiger charge is 2.23. The van der Waals surface area contributed by atoms with Crippen molar-refractivity contribution in [3.05, 3.63) is 176 Å². The molecule has 0 unspecified atom stereocenters. The first-order chi connectivity index (χ1) is 24.3. The van der Waals surface area contributed by atoms with Crippen LogP contribution in [0.5, 0.6) is 0 Å². The third-order valence-corrected chi connectivity index (χ3v) is 9.64. The molecule has 3 heteroatoms. The number of benzene rings is 8. The molecule has 49 heavy (non-hydrogen) atoms. The summed E-state index contributed by atoms with van der Waals surface area (Å²) >= 11 is 0. The summed E-state index contributed by atoms with van der Waals surface area (Å²) in [5.74, 6) is 0. The fourth-order valence-corrected chi connectivity index (χ4v) is 7.41. The van der Waals surface area contributed by atoms with E-state index in [1.165, 1.54) is 22.1 Å². The van der Waals surface area contributed by atoms with Crippen LogP contribution in [0.3, 0.4) is 0 Å². The van der Waals surface area contributed by atoms with Crippen molar-refractivity contribution in [1.29, 1.82) is 0 Å². The first kappa shape index (κ1) is 27.5. The van der Waals surface area contributed by atoms with E-state index in [0.29, 0.717) is 0 Å². The molecule has 0 N–H and O–H groups in total. The summed E-state index contributed by atoms with van der Waals surface area (Å²) in [6.45, 7) is 0. The van der Waals surface area contributed by atoms with Gasteiger partial charge in [0.1, 0.15) is 22.3 Å². The van der Waals surface area contributed by atoms with Gasteiger partial charge in [0, 0.05) is 32.9 Å². The van der Waals surface area contributed by atoms with Gasteiger partial charge in [-0.25, -0.2) is 0 Å². The van der Waals surface area contributed by atoms with Crippen LogP contribution in [0.15, 0.2) is 185 Å². The quantitative estimate of drug-likeness (QED) is 0.190. The van der Waals surface area contributed by atoms with Crippen LogP contribution in [0.1, 0.15) is 0 Å². The Morgan fingerprint density at radius 1 is 0.347 bits per heavy atom. The zero-order valence-corrected chi connectivity index (χ0v) is 26.5. The average Bonchev–Trinajstić information content (AvgIpc) is 3.74. The minimum Gasteiger partial charge on any atom is -0.456 e. The van der Waals surface area contributed by atoms with Crippen LogP contribution in [0.25, 0.3) is 76.9 Å². The van der Waals surface area contributed by atoms with Gasteiger partial charge in [0.25, 0.3) is 0 Å². The van der Waals surface area contributed by atoms with E-state index in [1.54, 1.807) is 0 Å². The topological polar surface area (TPSA) is 29.5 Å². The van der Waals surface area contributed by atoms with Gasteiger partial charge in [-0.2, -0.15) is 0 Å². The number of hydrogen-bond acceptors (Lipinski definition) is 3. The van der Waals surface area contributed by atoms with Crippen LogP contribution in [0.4, 0.5) is 17.1 Å². The predicted octanol–water partition coefficient (Wildman–Crippen LogP) is 13.4. The summed E-state index contributed by atoms with van der Waals surface area (Å²) in [6.07, 6.45) is 0. The first-order valence-corrected chi connectivity index (χ1v) is 16.6. The van der Waals surface area contributed by atoms with Gasteiger partial charge in [0.2, 0.25) is 0 Å². The molecule has 230 valence electrons. The Balaban J connectivity index is 1.29. The molecule has 8 aromatic carbocycles. The van der Waals surface area contributed by atoms with Gasteiger partial charge in [0.15, 0.2) is 0 Å². The number of hydrogen-bond donors (Lipinski definition) is 0. The van der Waals surface area contributed by atoms with Crippen molar-refractivity contribution >= 4 is 71.7 Å². The second-order valence-corrected chi connectivity index (χ2v) is 12.5. The molecule has 0 amide bonds. The predicted molar refractivity (Wildman–Crippen MR) is 204 cm³/mol. The van der Waals surface area contributed by atoms with Crippen LogP contribution in [-0.4, -0.2) is 0 Å². The van der Waals surface area contributed by atoms with Gasteiger partial charge in [-0.3, -0.25) is 0 Å². The van der Waals surface area contributed by atoms with Crippen molar-refractivity contribution in [2.45, 2.75) is 0 Å². The molecule has 0 aliphatic heterocycles. The van der Waals surface area contributed by atoms with Crippen LogP contribution in [0, 0.1) is 0 Å². The van der Waals surface area contributed by atoms with Crippen LogP contribution >= 0.6 is 0 Å². The second-order valence-electron chi connectivity index (χ2n) is 12.5. The molecule has 2 heterocycles. The molecular weight excluding hydrogens is 599 g/mol. The Labute approximate surface area is 282 Å². The fourth-order valence-electron chi connectivity index (χ4n) is 7.41. The molecule has 0 aliphatic rings. The molecule has 0 saturated heterocycles. The largest absolute Gasteiger partial charge is 0.456 e. The highest BCUT2D eigenvalue weighted by Crippen LogP contribution is 2.47. The Hall–Kier alpha value is -6.58. The fraction of sp³-hybridized carbons (Fsp3) is 0. The maximum absolute atomic E-state index is 6.79. The Morgan fingerprint density at radius 2 is 0.980 bits per heavy atom. The van der Waals surface area contributed by atoms with E-state index in [4.69, 9.17) is 8.83 Å². The van der Waals surface area contributed by atoms with E-state index in [2.05, 4.69) is 169 Å². The number of anilines is 3. The van der Waals surface area contributed by atoms with E-state index in [1.807, 2.05) is 12.1 Å². The Kier molecular flexibility index (Phi) is 6.18. The van der Waals surface area contributed by atoms with Gasteiger partial charge in [-0.1, -0.05) is 121 Å². The van der Waals surface area contributed by atoms with Crippen molar-refractivity contribution in [1.82, 2.24) is 0 Å². The van der Waals surface area contributed by atoms with Crippen molar-refractivity contribution < 1.29 is 8.83 Å². The summed E-state index contributed by atoms with van der Waals surface area (Å²) in [5, 5.41) is 6.61. The third kappa shape index (κ3) is 4.44. The minimum absolute atomic E-state index is 0.849. The lowest BCUT2D eigenvalue weighted by molar-refractivity contribution is 0.669. The van der Waals surface area contributed by atoms with Gasteiger partial charge in [-0.15, -0.1) is 0 Å². The summed E-state index contributed by atoms with van der Waals surface area (Å²) in [6, 6.07) is 62.0. The monoisotopic (exact) mass is 627 g/mol. The zero-order chi connectivity index (χ0) is 32.3. The average molecular weight is 628 g/mol. The molecule has 0 fully saturated rings. The number of rotatable bonds is 5. The van der Waals surface area contributed by atoms with Gasteiger partial charge >= 0.3 is 0 Å². The molecule has 0 saturated carbocycles. The van der Waals surface area contributed by atoms with Gasteiger partial charge in [0.05, 0.1) is 11.1 Å². The Morgan fingerprint density at radius 3 is 1.82 bits per heavy atom. The lowest BCUT2D eigenvalue weighted by Gasteiger charge is -2.27. The highest BCUT2D eigenvalue weighted by molar-refractivity contribution is 6.22. The van der Waals surface area contributed by atoms with E-state index in [0.717, 1.165) is 71.9 Å². The van der Waals surface area contributed by atoms with E-state index in [9.17, 15) is 0 Å². The molecule has 2 aromatic heterocycles. The number of para-hydroxylation sites is 1. The van der Waals surface area contributed by atoms with Crippen molar-refractivity contribution in [3.63, 3.8) is 0 Å². The molecule has 0 bridgehead atoms. The molecule has 0 aliphatic carbocycles. The number of furan rings is 2. The SMILES string of the molecule is c1ccc(-c2cccc(N(c3ccc4oc5ccccc5c4c3)c3cccc4oc5c6ccccc6c(-c6ccccc6)cc5c34)c2)cc1. The van der Waals surface area contributed by atoms with Crippen LogP contribution < -0.4 is 4.90 Å². The summed E-state index contributed by atoms with van der Waals surface area (Å²) in [4.78, 5) is 2.36. The highest BCUT2D eigenvalue weighted by atomic mass is 16.3. The smallest absolute Gasteiger partial charge is 0.143 e. The molecule has 0 atom stereocenters. The lowest BCUT2D eigenvalue weighted by atomic mass is 9.95. The van der Waals surface area contributed by atoms with Crippen LogP contribution in [-0.2, 0) is 0 Å². The summed E-state index contributed by atoms with van der Waals surface area (Å²) < 4.78 is 13.0. The van der Waals surface area contributed by atoms with Crippen molar-refractivity contribution in [2.75, 3.05) is 4.90 Å². The first-order valence-electron chi connectivity index (χ1n) is 16.6. The summed E-state index contributed by atoms with van der Waals surface area (Å²) in [7, 11) is 0. The standard InChI is InChI=1S/C46H29NO2/c1-3-13-30(14-4-1)32-17-11-18-33(27-32)47(34-25-26-43-39(28-34)36-20-9-10-23-42(36)48-43)41-22-12-24-44-45(41)40-29-38(31-15-5-2-6-16-31)35-19-7-8-21-37(35)46(40)49-44/h1-29H. The third-order valence-electron chi connectivity index (χ3n) is 9.64. The number of fused-ring (bicyclic) bond motifs is 8. The van der Waals surface area contributed by atoms with Crippen LogP contribution in [0.2, 0.25) is 0 Å². The van der Waals surface area contributed by atoms with Gasteiger partial charge in [-0.05, 0) is 82.2 Å². The van der Waals surface area contributed by atoms with Crippen molar-refractivity contribution in [3.8, 4) is 22.3 Å². The minimum atomic E-state index is 0.849. The van der Waals surface area contributed by atoms with E-state index < -0.39 is 0 Å². The molecule has 0 spiro atoms.